The van der Waals surface area contributed by atoms with Gasteiger partial charge < -0.3 is 14.4 Å². The van der Waals surface area contributed by atoms with Crippen LogP contribution in [-0.4, -0.2) is 45.3 Å². The Hall–Kier alpha value is -3.48. The Morgan fingerprint density at radius 1 is 0.923 bits per heavy atom. The Kier molecular flexibility index (Phi) is 9.90. The molecule has 0 bridgehead atoms. The van der Waals surface area contributed by atoms with E-state index < -0.39 is 5.82 Å². The number of hydrogen-bond donors (Lipinski definition) is 0. The molecule has 0 aliphatic heterocycles. The van der Waals surface area contributed by atoms with Crippen molar-refractivity contribution in [3.63, 3.8) is 0 Å². The summed E-state index contributed by atoms with van der Waals surface area (Å²) in [5, 5.41) is 0. The second kappa shape index (κ2) is 13.5. The van der Waals surface area contributed by atoms with Gasteiger partial charge in [0.25, 0.3) is 5.91 Å². The molecule has 3 aromatic rings. The summed E-state index contributed by atoms with van der Waals surface area (Å²) < 4.78 is 29.0. The fraction of sp³-hybridized carbons (Fsp3) is 0.438. The van der Waals surface area contributed by atoms with E-state index in [2.05, 4.69) is 18.4 Å². The summed E-state index contributed by atoms with van der Waals surface area (Å²) in [6.45, 7) is 5.65. The highest BCUT2D eigenvalue weighted by atomic mass is 19.1. The normalized spacial score (nSPS) is 14.0. The maximum Gasteiger partial charge on any atom is 0.254 e. The van der Waals surface area contributed by atoms with Crippen LogP contribution in [0.2, 0.25) is 0 Å². The summed E-state index contributed by atoms with van der Waals surface area (Å²) in [6.07, 6.45) is 7.97. The number of nitrogens with zero attached hydrogens (tertiary/aromatic N) is 3. The molecule has 0 radical (unpaired) electrons. The maximum atomic E-state index is 13.9. The lowest BCUT2D eigenvalue weighted by Gasteiger charge is -2.36. The Labute approximate surface area is 230 Å². The smallest absolute Gasteiger partial charge is 0.254 e. The van der Waals surface area contributed by atoms with Gasteiger partial charge in [0.1, 0.15) is 18.2 Å². The van der Waals surface area contributed by atoms with Gasteiger partial charge in [0.2, 0.25) is 5.91 Å². The van der Waals surface area contributed by atoms with Crippen LogP contribution in [0.15, 0.2) is 66.9 Å². The standard InChI is InChI=1S/C32H39F2N3O2/c1-24(2)18-20-36(32(39)26-12-16-28(34)17-13-26)23-31(38)37(29-7-4-3-5-8-29)22-30-9-6-19-35(30)21-25-10-14-27(33)15-11-25/h6,9-17,19,24,29H,3-5,7-8,18,20-23H2,1-2H3. The third kappa shape index (κ3) is 8.01. The highest BCUT2D eigenvalue weighted by Crippen LogP contribution is 2.25. The monoisotopic (exact) mass is 535 g/mol. The van der Waals surface area contributed by atoms with Gasteiger partial charge in [-0.3, -0.25) is 9.59 Å². The topological polar surface area (TPSA) is 45.6 Å². The molecule has 5 nitrogen and oxygen atoms in total. The lowest BCUT2D eigenvalue weighted by molar-refractivity contribution is -0.135. The van der Waals surface area contributed by atoms with Crippen LogP contribution >= 0.6 is 0 Å². The van der Waals surface area contributed by atoms with E-state index in [-0.39, 0.29) is 30.2 Å². The molecule has 0 atom stereocenters. The minimum atomic E-state index is -0.400. The minimum Gasteiger partial charge on any atom is -0.345 e. The van der Waals surface area contributed by atoms with E-state index in [1.807, 2.05) is 23.2 Å². The van der Waals surface area contributed by atoms with Gasteiger partial charge in [-0.15, -0.1) is 0 Å². The third-order valence-corrected chi connectivity index (χ3v) is 7.54. The van der Waals surface area contributed by atoms with Crippen molar-refractivity contribution in [3.05, 3.63) is 95.3 Å². The molecule has 0 spiro atoms. The van der Waals surface area contributed by atoms with Gasteiger partial charge in [0.15, 0.2) is 0 Å². The van der Waals surface area contributed by atoms with Crippen LogP contribution in [0.25, 0.3) is 0 Å². The van der Waals surface area contributed by atoms with Crippen molar-refractivity contribution in [1.29, 1.82) is 0 Å². The van der Waals surface area contributed by atoms with Crippen LogP contribution in [0.3, 0.4) is 0 Å². The molecular formula is C32H39F2N3O2. The van der Waals surface area contributed by atoms with Crippen LogP contribution in [0.1, 0.15) is 74.0 Å². The first kappa shape index (κ1) is 28.5. The van der Waals surface area contributed by atoms with Crippen LogP contribution in [0.4, 0.5) is 8.78 Å². The largest absolute Gasteiger partial charge is 0.345 e. The van der Waals surface area contributed by atoms with Gasteiger partial charge in [-0.25, -0.2) is 8.78 Å². The molecule has 1 aliphatic carbocycles. The number of carbonyl (C=O) groups is 2. The van der Waals surface area contributed by atoms with Gasteiger partial charge in [-0.05, 0) is 79.3 Å². The number of amides is 2. The predicted molar refractivity (Wildman–Crippen MR) is 149 cm³/mol. The number of rotatable bonds is 11. The van der Waals surface area contributed by atoms with Crippen molar-refractivity contribution in [3.8, 4) is 0 Å². The molecule has 0 saturated heterocycles. The Morgan fingerprint density at radius 3 is 2.21 bits per heavy atom. The van der Waals surface area contributed by atoms with Crippen LogP contribution in [0.5, 0.6) is 0 Å². The summed E-state index contributed by atoms with van der Waals surface area (Å²) in [5.74, 6) is -0.628. The fourth-order valence-corrected chi connectivity index (χ4v) is 5.22. The first-order valence-electron chi connectivity index (χ1n) is 14.0. The Bertz CT molecular complexity index is 1210. The quantitative estimate of drug-likeness (QED) is 0.276. The summed E-state index contributed by atoms with van der Waals surface area (Å²) in [6, 6.07) is 16.1. The molecule has 7 heteroatoms. The SMILES string of the molecule is CC(C)CCN(CC(=O)N(Cc1cccn1Cc1ccc(F)cc1)C1CCCCC1)C(=O)c1ccc(F)cc1. The molecule has 2 amide bonds. The van der Waals surface area contributed by atoms with Crippen molar-refractivity contribution < 1.29 is 18.4 Å². The molecule has 1 saturated carbocycles. The summed E-state index contributed by atoms with van der Waals surface area (Å²) in [4.78, 5) is 30.9. The van der Waals surface area contributed by atoms with E-state index in [4.69, 9.17) is 0 Å². The number of benzene rings is 2. The minimum absolute atomic E-state index is 0.0158. The first-order chi connectivity index (χ1) is 18.8. The summed E-state index contributed by atoms with van der Waals surface area (Å²) in [5.41, 5.74) is 2.36. The number of carbonyl (C=O) groups excluding carboxylic acids is 2. The average Bonchev–Trinajstić information content (AvgIpc) is 3.37. The zero-order chi connectivity index (χ0) is 27.8. The molecule has 1 aliphatic rings. The summed E-state index contributed by atoms with van der Waals surface area (Å²) >= 11 is 0. The van der Waals surface area contributed by atoms with E-state index in [1.54, 1.807) is 17.0 Å². The van der Waals surface area contributed by atoms with Crippen LogP contribution in [0, 0.1) is 17.6 Å². The van der Waals surface area contributed by atoms with Gasteiger partial charge in [0.05, 0.1) is 6.54 Å². The lowest BCUT2D eigenvalue weighted by atomic mass is 9.94. The second-order valence-corrected chi connectivity index (χ2v) is 11.0. The predicted octanol–water partition coefficient (Wildman–Crippen LogP) is 6.66. The van der Waals surface area contributed by atoms with Crippen molar-refractivity contribution in [2.75, 3.05) is 13.1 Å². The summed E-state index contributed by atoms with van der Waals surface area (Å²) in [7, 11) is 0. The molecule has 208 valence electrons. The molecular weight excluding hydrogens is 496 g/mol. The molecule has 0 N–H and O–H groups in total. The Morgan fingerprint density at radius 2 is 1.56 bits per heavy atom. The zero-order valence-corrected chi connectivity index (χ0v) is 23.0. The molecule has 1 heterocycles. The average molecular weight is 536 g/mol. The number of hydrogen-bond acceptors (Lipinski definition) is 2. The van der Waals surface area contributed by atoms with E-state index in [9.17, 15) is 18.4 Å². The maximum absolute atomic E-state index is 13.9. The van der Waals surface area contributed by atoms with Gasteiger partial charge in [0, 0.05) is 36.6 Å². The first-order valence-corrected chi connectivity index (χ1v) is 14.0. The fourth-order valence-electron chi connectivity index (χ4n) is 5.22. The molecule has 1 aromatic heterocycles. The van der Waals surface area contributed by atoms with Gasteiger partial charge in [-0.2, -0.15) is 0 Å². The van der Waals surface area contributed by atoms with E-state index in [0.29, 0.717) is 31.1 Å². The van der Waals surface area contributed by atoms with Crippen molar-refractivity contribution in [1.82, 2.24) is 14.4 Å². The third-order valence-electron chi connectivity index (χ3n) is 7.54. The lowest BCUT2D eigenvalue weighted by Crippen LogP contribution is -2.48. The van der Waals surface area contributed by atoms with E-state index in [1.165, 1.54) is 42.8 Å². The number of halogens is 2. The molecule has 2 aromatic carbocycles. The van der Waals surface area contributed by atoms with Crippen LogP contribution in [-0.2, 0) is 17.9 Å². The van der Waals surface area contributed by atoms with Crippen molar-refractivity contribution >= 4 is 11.8 Å². The zero-order valence-electron chi connectivity index (χ0n) is 23.0. The number of aromatic nitrogens is 1. The highest BCUT2D eigenvalue weighted by Gasteiger charge is 2.29. The van der Waals surface area contributed by atoms with Crippen molar-refractivity contribution in [2.45, 2.75) is 71.5 Å². The molecule has 1 fully saturated rings. The molecule has 4 rings (SSSR count). The molecule has 0 unspecified atom stereocenters. The van der Waals surface area contributed by atoms with E-state index >= 15 is 0 Å². The van der Waals surface area contributed by atoms with Gasteiger partial charge in [-0.1, -0.05) is 45.2 Å². The molecule has 39 heavy (non-hydrogen) atoms. The second-order valence-electron chi connectivity index (χ2n) is 11.0. The Balaban J connectivity index is 1.55. The highest BCUT2D eigenvalue weighted by molar-refractivity contribution is 5.96. The van der Waals surface area contributed by atoms with Gasteiger partial charge >= 0.3 is 0 Å². The van der Waals surface area contributed by atoms with Crippen molar-refractivity contribution in [2.24, 2.45) is 5.92 Å². The van der Waals surface area contributed by atoms with Crippen LogP contribution < -0.4 is 0 Å². The van der Waals surface area contributed by atoms with E-state index in [0.717, 1.165) is 43.4 Å².